The van der Waals surface area contributed by atoms with Crippen LogP contribution in [0.4, 0.5) is 0 Å². The van der Waals surface area contributed by atoms with Gasteiger partial charge in [-0.1, -0.05) is 25.8 Å². The van der Waals surface area contributed by atoms with Crippen molar-refractivity contribution in [2.45, 2.75) is 20.0 Å². The Labute approximate surface area is 130 Å². The molecule has 17 heavy (non-hydrogen) atoms. The Morgan fingerprint density at radius 2 is 1.94 bits per heavy atom. The van der Waals surface area contributed by atoms with Crippen LogP contribution in [0.25, 0.3) is 0 Å². The zero-order valence-electron chi connectivity index (χ0n) is 9.79. The number of nitrogens with zero attached hydrogens (tertiary/aromatic N) is 1. The number of aliphatic imine (C=N–C) groups is 1. The second-order valence-electron chi connectivity index (χ2n) is 4.03. The molecule has 0 aliphatic rings. The minimum Gasteiger partial charge on any atom is -0.863 e. The van der Waals surface area contributed by atoms with E-state index >= 15 is 0 Å². The third-order valence-corrected chi connectivity index (χ3v) is 2.66. The summed E-state index contributed by atoms with van der Waals surface area (Å²) in [5.41, 5.74) is -1.15. The first kappa shape index (κ1) is 19.9. The summed E-state index contributed by atoms with van der Waals surface area (Å²) in [6.45, 7) is 1.88. The molecule has 0 rings (SSSR count). The molecule has 0 aromatic heterocycles. The molecule has 1 unspecified atom stereocenters. The molecule has 0 aliphatic heterocycles. The molecule has 7 nitrogen and oxygen atoms in total. The van der Waals surface area contributed by atoms with E-state index in [0.29, 0.717) is 0 Å². The summed E-state index contributed by atoms with van der Waals surface area (Å²) in [5.74, 6) is -1.73. The van der Waals surface area contributed by atoms with Crippen molar-refractivity contribution in [3.8, 4) is 0 Å². The first-order valence-corrected chi connectivity index (χ1v) is 6.14. The molecule has 0 saturated carbocycles. The number of aliphatic hydroxyl groups excluding tert-OH is 1. The van der Waals surface area contributed by atoms with Gasteiger partial charge in [0, 0.05) is 6.61 Å². The number of hydrogen-bond acceptors (Lipinski definition) is 6. The van der Waals surface area contributed by atoms with Gasteiger partial charge in [0.1, 0.15) is 0 Å². The van der Waals surface area contributed by atoms with Crippen LogP contribution in [-0.2, 0) is 10.1 Å². The maximum atomic E-state index is 11.4. The molecule has 0 spiro atoms. The van der Waals surface area contributed by atoms with E-state index in [0.717, 1.165) is 0 Å². The molecule has 96 valence electrons. The van der Waals surface area contributed by atoms with E-state index in [4.69, 9.17) is 9.66 Å². The fourth-order valence-corrected chi connectivity index (χ4v) is 1.09. The van der Waals surface area contributed by atoms with Crippen LogP contribution in [0.15, 0.2) is 4.99 Å². The maximum Gasteiger partial charge on any atom is 2.00 e. The third-order valence-electron chi connectivity index (χ3n) is 1.96. The van der Waals surface area contributed by atoms with Crippen LogP contribution in [0, 0.1) is 5.41 Å². The molecule has 0 fully saturated rings. The van der Waals surface area contributed by atoms with Crippen molar-refractivity contribution in [1.29, 1.82) is 0 Å². The Kier molecular flexibility index (Phi) is 9.22. The average Bonchev–Trinajstić information content (AvgIpc) is 2.14. The Bertz CT molecular complexity index is 353. The number of aliphatic hydroxyl groups is 1. The zero-order valence-corrected chi connectivity index (χ0v) is 12.8. The van der Waals surface area contributed by atoms with E-state index in [-0.39, 0.29) is 37.7 Å². The van der Waals surface area contributed by atoms with Crippen LogP contribution in [0.3, 0.4) is 0 Å². The molecule has 0 radical (unpaired) electrons. The topological polar surface area (TPSA) is 133 Å². The van der Waals surface area contributed by atoms with Crippen molar-refractivity contribution in [1.82, 2.24) is 0 Å². The quantitative estimate of drug-likeness (QED) is 0.232. The molecule has 2 N–H and O–H groups in total. The van der Waals surface area contributed by atoms with Gasteiger partial charge in [-0.2, -0.15) is 8.42 Å². The molecule has 1 atom stereocenters. The van der Waals surface area contributed by atoms with E-state index in [1.54, 1.807) is 0 Å². The first-order chi connectivity index (χ1) is 7.10. The van der Waals surface area contributed by atoms with Gasteiger partial charge in [0.15, 0.2) is 0 Å². The monoisotopic (exact) mass is 293 g/mol. The molecular weight excluding hydrogens is 278 g/mol. The van der Waals surface area contributed by atoms with Gasteiger partial charge in [0.25, 0.3) is 10.1 Å². The van der Waals surface area contributed by atoms with Crippen LogP contribution < -0.4 is 10.2 Å². The molecule has 0 aliphatic carbocycles. The number of rotatable bonds is 6. The van der Waals surface area contributed by atoms with Gasteiger partial charge in [-0.25, -0.2) is 0 Å². The molecule has 0 bridgehead atoms. The van der Waals surface area contributed by atoms with E-state index < -0.39 is 46.4 Å². The summed E-state index contributed by atoms with van der Waals surface area (Å²) in [6.07, 6.45) is -1.75. The largest absolute Gasteiger partial charge is 2.00 e. The van der Waals surface area contributed by atoms with Gasteiger partial charge in [-0.3, -0.25) is 4.55 Å². The van der Waals surface area contributed by atoms with Crippen LogP contribution >= 0.6 is 0 Å². The Morgan fingerprint density at radius 3 is 2.29 bits per heavy atom. The van der Waals surface area contributed by atoms with Crippen LogP contribution in [0.1, 0.15) is 13.8 Å². The van der Waals surface area contributed by atoms with Crippen LogP contribution in [0.5, 0.6) is 0 Å². The maximum absolute atomic E-state index is 11.4. The van der Waals surface area contributed by atoms with Gasteiger partial charge < -0.3 is 20.3 Å². The summed E-state index contributed by atoms with van der Waals surface area (Å²) >= 11 is 0. The summed E-state index contributed by atoms with van der Waals surface area (Å²) in [6, 6.07) is 0. The van der Waals surface area contributed by atoms with E-state index in [2.05, 4.69) is 4.99 Å². The van der Waals surface area contributed by atoms with Gasteiger partial charge >= 0.3 is 37.7 Å². The molecule has 0 saturated heterocycles. The van der Waals surface area contributed by atoms with Gasteiger partial charge in [-0.15, -0.1) is 0 Å². The SMILES string of the molecule is CC(C)(CO)C([O-])C([O-])=NCCS(=O)(=O)O.[Ca+2]. The van der Waals surface area contributed by atoms with Crippen molar-refractivity contribution < 1.29 is 28.3 Å². The van der Waals surface area contributed by atoms with Crippen molar-refractivity contribution in [2.75, 3.05) is 18.9 Å². The van der Waals surface area contributed by atoms with Crippen molar-refractivity contribution in [3.05, 3.63) is 0 Å². The van der Waals surface area contributed by atoms with Crippen molar-refractivity contribution in [3.63, 3.8) is 0 Å². The normalized spacial score (nSPS) is 15.2. The molecule has 9 heteroatoms. The predicted octanol–water partition coefficient (Wildman–Crippen LogP) is -3.00. The van der Waals surface area contributed by atoms with Crippen molar-refractivity contribution >= 4 is 53.8 Å². The number of hydrogen-bond donors (Lipinski definition) is 2. The molecule has 0 aromatic rings. The van der Waals surface area contributed by atoms with E-state index in [1.807, 2.05) is 0 Å². The minimum atomic E-state index is -4.18. The average molecular weight is 293 g/mol. The second kappa shape index (κ2) is 7.88. The summed E-state index contributed by atoms with van der Waals surface area (Å²) in [7, 11) is -4.18. The summed E-state index contributed by atoms with van der Waals surface area (Å²) in [5, 5.41) is 31.4. The van der Waals surface area contributed by atoms with E-state index in [1.165, 1.54) is 13.8 Å². The summed E-state index contributed by atoms with van der Waals surface area (Å²) in [4.78, 5) is 3.22. The van der Waals surface area contributed by atoms with Crippen LogP contribution in [0.2, 0.25) is 0 Å². The van der Waals surface area contributed by atoms with Crippen LogP contribution in [-0.4, -0.2) is 86.7 Å². The molecule has 0 heterocycles. The van der Waals surface area contributed by atoms with E-state index in [9.17, 15) is 18.6 Å². The second-order valence-corrected chi connectivity index (χ2v) is 5.60. The van der Waals surface area contributed by atoms with Gasteiger partial charge in [0.2, 0.25) is 0 Å². The molecule has 0 amide bonds. The third kappa shape index (κ3) is 8.30. The fourth-order valence-electron chi connectivity index (χ4n) is 0.771. The summed E-state index contributed by atoms with van der Waals surface area (Å²) < 4.78 is 29.0. The standard InChI is InChI=1S/C8H16NO6S.Ca/c1-8(2,5-10)6(11)7(12)9-3-4-16(13,14)15;/h6,10H,3-5H2,1-2H3,(H,9,12)(H,13,14,15);/q-1;+2/p-1. The molecular formula is C8H15CaNO6S. The smallest absolute Gasteiger partial charge is 0.863 e. The first-order valence-electron chi connectivity index (χ1n) is 4.53. The predicted molar refractivity (Wildman–Crippen MR) is 59.1 cm³/mol. The Balaban J connectivity index is 0. The Hall–Kier alpha value is 0.560. The zero-order chi connectivity index (χ0) is 13.0. The van der Waals surface area contributed by atoms with Crippen molar-refractivity contribution in [2.24, 2.45) is 10.4 Å². The molecule has 0 aromatic carbocycles. The minimum absolute atomic E-state index is 0. The van der Waals surface area contributed by atoms with Gasteiger partial charge in [0.05, 0.1) is 12.3 Å². The van der Waals surface area contributed by atoms with Gasteiger partial charge in [-0.05, 0) is 5.41 Å². The fraction of sp³-hybridized carbons (Fsp3) is 0.875. The Morgan fingerprint density at radius 1 is 1.47 bits per heavy atom.